The van der Waals surface area contributed by atoms with Crippen LogP contribution in [0.3, 0.4) is 0 Å². The van der Waals surface area contributed by atoms with Crippen LogP contribution >= 0.6 is 0 Å². The van der Waals surface area contributed by atoms with Crippen LogP contribution in [-0.2, 0) is 0 Å². The first kappa shape index (κ1) is 12.8. The maximum atomic E-state index is 12.2. The number of aromatic nitrogens is 2. The summed E-state index contributed by atoms with van der Waals surface area (Å²) in [6.07, 6.45) is 3.50. The van der Waals surface area contributed by atoms with Crippen molar-refractivity contribution >= 4 is 11.7 Å². The Morgan fingerprint density at radius 3 is 2.94 bits per heavy atom. The van der Waals surface area contributed by atoms with Crippen LogP contribution in [0, 0.1) is 5.92 Å². The summed E-state index contributed by atoms with van der Waals surface area (Å²) in [7, 11) is 1.78. The first-order valence-corrected chi connectivity index (χ1v) is 6.55. The molecule has 1 aromatic rings. The lowest BCUT2D eigenvalue weighted by Crippen LogP contribution is -2.29. The molecular formula is C13H20N4O. The van der Waals surface area contributed by atoms with Crippen molar-refractivity contribution < 1.29 is 4.79 Å². The summed E-state index contributed by atoms with van der Waals surface area (Å²) in [5.41, 5.74) is 0.436. The fourth-order valence-corrected chi connectivity index (χ4v) is 2.40. The third-order valence-electron chi connectivity index (χ3n) is 3.41. The third-order valence-corrected chi connectivity index (χ3v) is 3.41. The molecule has 0 aromatic carbocycles. The van der Waals surface area contributed by atoms with Crippen LogP contribution in [0.1, 0.15) is 36.7 Å². The molecule has 98 valence electrons. The van der Waals surface area contributed by atoms with E-state index in [-0.39, 0.29) is 5.91 Å². The van der Waals surface area contributed by atoms with Gasteiger partial charge in [-0.15, -0.1) is 10.2 Å². The minimum Gasteiger partial charge on any atom is -0.372 e. The van der Waals surface area contributed by atoms with E-state index in [0.717, 1.165) is 19.5 Å². The molecule has 5 nitrogen and oxygen atoms in total. The van der Waals surface area contributed by atoms with Gasteiger partial charge in [-0.1, -0.05) is 13.3 Å². The maximum Gasteiger partial charge on any atom is 0.274 e. The van der Waals surface area contributed by atoms with Crippen LogP contribution in [-0.4, -0.2) is 41.1 Å². The van der Waals surface area contributed by atoms with Gasteiger partial charge in [0.1, 0.15) is 5.82 Å². The van der Waals surface area contributed by atoms with Gasteiger partial charge in [-0.05, 0) is 30.9 Å². The number of likely N-dealkylation sites (tertiary alicyclic amines) is 1. The fourth-order valence-electron chi connectivity index (χ4n) is 2.40. The Balaban J connectivity index is 1.98. The molecule has 2 rings (SSSR count). The van der Waals surface area contributed by atoms with E-state index in [9.17, 15) is 4.79 Å². The van der Waals surface area contributed by atoms with Gasteiger partial charge < -0.3 is 10.2 Å². The normalized spacial score (nSPS) is 19.0. The van der Waals surface area contributed by atoms with Gasteiger partial charge >= 0.3 is 0 Å². The van der Waals surface area contributed by atoms with E-state index < -0.39 is 0 Å². The number of hydrogen-bond donors (Lipinski definition) is 1. The summed E-state index contributed by atoms with van der Waals surface area (Å²) < 4.78 is 0. The number of nitrogens with one attached hydrogen (secondary N) is 1. The molecule has 1 aromatic heterocycles. The zero-order chi connectivity index (χ0) is 13.0. The second kappa shape index (κ2) is 5.80. The van der Waals surface area contributed by atoms with Gasteiger partial charge in [0, 0.05) is 20.1 Å². The van der Waals surface area contributed by atoms with Crippen LogP contribution in [0.25, 0.3) is 0 Å². The molecule has 2 heterocycles. The Morgan fingerprint density at radius 2 is 2.33 bits per heavy atom. The number of nitrogens with zero attached hydrogens (tertiary/aromatic N) is 3. The van der Waals surface area contributed by atoms with Gasteiger partial charge in [0.25, 0.3) is 5.91 Å². The summed E-state index contributed by atoms with van der Waals surface area (Å²) in [5, 5.41) is 10.8. The average molecular weight is 248 g/mol. The van der Waals surface area contributed by atoms with E-state index in [1.807, 2.05) is 4.90 Å². The zero-order valence-electron chi connectivity index (χ0n) is 11.0. The van der Waals surface area contributed by atoms with Crippen molar-refractivity contribution in [2.45, 2.75) is 26.2 Å². The molecule has 1 saturated heterocycles. The second-order valence-electron chi connectivity index (χ2n) is 4.75. The van der Waals surface area contributed by atoms with E-state index in [4.69, 9.17) is 0 Å². The molecule has 1 N–H and O–H groups in total. The summed E-state index contributed by atoms with van der Waals surface area (Å²) >= 11 is 0. The lowest BCUT2D eigenvalue weighted by Gasteiger charge is -2.15. The van der Waals surface area contributed by atoms with Gasteiger partial charge in [-0.3, -0.25) is 4.79 Å². The molecule has 0 bridgehead atoms. The molecule has 18 heavy (non-hydrogen) atoms. The van der Waals surface area contributed by atoms with Crippen molar-refractivity contribution in [2.75, 3.05) is 25.5 Å². The molecule has 0 radical (unpaired) electrons. The predicted octanol–water partition coefficient (Wildman–Crippen LogP) is 1.78. The fraction of sp³-hybridized carbons (Fsp3) is 0.615. The second-order valence-corrected chi connectivity index (χ2v) is 4.75. The highest BCUT2D eigenvalue weighted by Crippen LogP contribution is 2.22. The third kappa shape index (κ3) is 2.78. The molecule has 0 saturated carbocycles. The summed E-state index contributed by atoms with van der Waals surface area (Å²) in [6, 6.07) is 3.51. The summed E-state index contributed by atoms with van der Waals surface area (Å²) in [6.45, 7) is 3.90. The maximum absolute atomic E-state index is 12.2. The first-order valence-electron chi connectivity index (χ1n) is 6.55. The highest BCUT2D eigenvalue weighted by molar-refractivity contribution is 5.92. The van der Waals surface area contributed by atoms with Crippen molar-refractivity contribution in [3.8, 4) is 0 Å². The number of carbonyl (C=O) groups is 1. The topological polar surface area (TPSA) is 58.1 Å². The molecule has 0 spiro atoms. The molecule has 0 aliphatic carbocycles. The minimum atomic E-state index is 0.00348. The van der Waals surface area contributed by atoms with Crippen molar-refractivity contribution in [1.82, 2.24) is 15.1 Å². The molecule has 1 atom stereocenters. The Labute approximate surface area is 108 Å². The SMILES string of the molecule is CCCC1CCN(C(=O)c2ccc(NC)nn2)C1. The first-order chi connectivity index (χ1) is 8.74. The number of rotatable bonds is 4. The van der Waals surface area contributed by atoms with Gasteiger partial charge in [0.15, 0.2) is 5.69 Å². The predicted molar refractivity (Wildman–Crippen MR) is 70.5 cm³/mol. The Kier molecular flexibility index (Phi) is 4.12. The molecular weight excluding hydrogens is 228 g/mol. The largest absolute Gasteiger partial charge is 0.372 e. The van der Waals surface area contributed by atoms with E-state index in [0.29, 0.717) is 17.4 Å². The smallest absolute Gasteiger partial charge is 0.274 e. The lowest BCUT2D eigenvalue weighted by molar-refractivity contribution is 0.0779. The van der Waals surface area contributed by atoms with Crippen molar-refractivity contribution in [3.63, 3.8) is 0 Å². The lowest BCUT2D eigenvalue weighted by atomic mass is 10.0. The Bertz CT molecular complexity index is 404. The molecule has 1 amide bonds. The monoisotopic (exact) mass is 248 g/mol. The number of anilines is 1. The summed E-state index contributed by atoms with van der Waals surface area (Å²) in [4.78, 5) is 14.1. The average Bonchev–Trinajstić information content (AvgIpc) is 2.87. The van der Waals surface area contributed by atoms with E-state index in [2.05, 4.69) is 22.4 Å². The van der Waals surface area contributed by atoms with E-state index in [1.165, 1.54) is 12.8 Å². The van der Waals surface area contributed by atoms with E-state index >= 15 is 0 Å². The van der Waals surface area contributed by atoms with Gasteiger partial charge in [0.2, 0.25) is 0 Å². The van der Waals surface area contributed by atoms with Crippen molar-refractivity contribution in [2.24, 2.45) is 5.92 Å². The van der Waals surface area contributed by atoms with Crippen LogP contribution in [0.15, 0.2) is 12.1 Å². The Morgan fingerprint density at radius 1 is 1.50 bits per heavy atom. The van der Waals surface area contributed by atoms with E-state index in [1.54, 1.807) is 19.2 Å². The zero-order valence-corrected chi connectivity index (χ0v) is 11.0. The van der Waals surface area contributed by atoms with Gasteiger partial charge in [0.05, 0.1) is 0 Å². The number of amides is 1. The van der Waals surface area contributed by atoms with Crippen LogP contribution in [0.4, 0.5) is 5.82 Å². The molecule has 1 aliphatic heterocycles. The minimum absolute atomic E-state index is 0.00348. The van der Waals surface area contributed by atoms with Gasteiger partial charge in [-0.2, -0.15) is 0 Å². The highest BCUT2D eigenvalue weighted by Gasteiger charge is 2.27. The van der Waals surface area contributed by atoms with Crippen LogP contribution in [0.2, 0.25) is 0 Å². The quantitative estimate of drug-likeness (QED) is 0.882. The van der Waals surface area contributed by atoms with Crippen molar-refractivity contribution in [3.05, 3.63) is 17.8 Å². The molecule has 1 fully saturated rings. The molecule has 1 aliphatic rings. The van der Waals surface area contributed by atoms with Crippen LogP contribution < -0.4 is 5.32 Å². The standard InChI is InChI=1S/C13H20N4O/c1-3-4-10-7-8-17(9-10)13(18)11-5-6-12(14-2)16-15-11/h5-6,10H,3-4,7-9H2,1-2H3,(H,14,16). The van der Waals surface area contributed by atoms with Crippen LogP contribution in [0.5, 0.6) is 0 Å². The Hall–Kier alpha value is -1.65. The number of hydrogen-bond acceptors (Lipinski definition) is 4. The van der Waals surface area contributed by atoms with Gasteiger partial charge in [-0.25, -0.2) is 0 Å². The molecule has 5 heteroatoms. The number of carbonyl (C=O) groups excluding carboxylic acids is 1. The molecule has 1 unspecified atom stereocenters. The highest BCUT2D eigenvalue weighted by atomic mass is 16.2. The van der Waals surface area contributed by atoms with Crippen molar-refractivity contribution in [1.29, 1.82) is 0 Å². The summed E-state index contributed by atoms with van der Waals surface area (Å²) in [5.74, 6) is 1.34.